The first-order valence-corrected chi connectivity index (χ1v) is 4.84. The molecule has 0 aromatic carbocycles. The predicted molar refractivity (Wildman–Crippen MR) is 56.3 cm³/mol. The molecule has 1 aromatic rings. The average Bonchev–Trinajstić information content (AvgIpc) is 2.30. The standard InChI is InChI=1S/C9H12FN3O4/c1-3-12(2)5(14)4-13-8(16)6(10)7(15)11-9(13)17/h16H,3-4H2,1-2H3,(H,11,15,17). The largest absolute Gasteiger partial charge is 0.492 e. The number of nitrogens with one attached hydrogen (secondary N) is 1. The van der Waals surface area contributed by atoms with Gasteiger partial charge in [-0.2, -0.15) is 4.39 Å². The molecule has 1 rings (SSSR count). The molecule has 0 fully saturated rings. The van der Waals surface area contributed by atoms with Crippen LogP contribution in [0.1, 0.15) is 6.92 Å². The average molecular weight is 245 g/mol. The number of nitrogens with zero attached hydrogens (tertiary/aromatic N) is 2. The first-order chi connectivity index (χ1) is 7.88. The lowest BCUT2D eigenvalue weighted by Crippen LogP contribution is -2.37. The summed E-state index contributed by atoms with van der Waals surface area (Å²) < 4.78 is 13.5. The van der Waals surface area contributed by atoms with E-state index in [0.717, 1.165) is 0 Å². The Morgan fingerprint density at radius 2 is 2.12 bits per heavy atom. The van der Waals surface area contributed by atoms with Crippen molar-refractivity contribution < 1.29 is 14.3 Å². The number of hydrogen-bond acceptors (Lipinski definition) is 4. The van der Waals surface area contributed by atoms with Crippen LogP contribution in [0.25, 0.3) is 0 Å². The zero-order valence-electron chi connectivity index (χ0n) is 9.36. The highest BCUT2D eigenvalue weighted by molar-refractivity contribution is 5.75. The van der Waals surface area contributed by atoms with Crippen molar-refractivity contribution in [2.45, 2.75) is 13.5 Å². The summed E-state index contributed by atoms with van der Waals surface area (Å²) in [5, 5.41) is 9.26. The Balaban J connectivity index is 3.17. The molecule has 0 aliphatic rings. The van der Waals surface area contributed by atoms with E-state index >= 15 is 0 Å². The van der Waals surface area contributed by atoms with Crippen molar-refractivity contribution in [2.24, 2.45) is 0 Å². The number of likely N-dealkylation sites (N-methyl/N-ethyl adjacent to an activating group) is 1. The van der Waals surface area contributed by atoms with Crippen LogP contribution in [0.4, 0.5) is 4.39 Å². The first-order valence-electron chi connectivity index (χ1n) is 4.84. The number of carbonyl (C=O) groups is 1. The Labute approximate surface area is 95.1 Å². The SMILES string of the molecule is CCN(C)C(=O)Cn1c(O)c(F)c(=O)[nH]c1=O. The van der Waals surface area contributed by atoms with Crippen molar-refractivity contribution in [1.82, 2.24) is 14.5 Å². The summed E-state index contributed by atoms with van der Waals surface area (Å²) in [7, 11) is 1.49. The molecule has 0 unspecified atom stereocenters. The highest BCUT2D eigenvalue weighted by atomic mass is 19.1. The second-order valence-corrected chi connectivity index (χ2v) is 3.39. The molecule has 1 aromatic heterocycles. The van der Waals surface area contributed by atoms with Crippen molar-refractivity contribution in [1.29, 1.82) is 0 Å². The third-order valence-corrected chi connectivity index (χ3v) is 2.31. The summed E-state index contributed by atoms with van der Waals surface area (Å²) in [6, 6.07) is 0. The number of halogens is 1. The van der Waals surface area contributed by atoms with E-state index in [2.05, 4.69) is 0 Å². The van der Waals surface area contributed by atoms with E-state index in [-0.39, 0.29) is 0 Å². The van der Waals surface area contributed by atoms with E-state index in [0.29, 0.717) is 11.1 Å². The van der Waals surface area contributed by atoms with Gasteiger partial charge in [0.2, 0.25) is 17.6 Å². The molecule has 17 heavy (non-hydrogen) atoms. The van der Waals surface area contributed by atoms with Gasteiger partial charge in [-0.05, 0) is 6.92 Å². The first kappa shape index (κ1) is 12.9. The maximum absolute atomic E-state index is 13.0. The fourth-order valence-corrected chi connectivity index (χ4v) is 1.11. The Hall–Kier alpha value is -2.12. The van der Waals surface area contributed by atoms with Crippen molar-refractivity contribution in [3.05, 3.63) is 26.7 Å². The molecule has 0 spiro atoms. The van der Waals surface area contributed by atoms with E-state index in [4.69, 9.17) is 0 Å². The second kappa shape index (κ2) is 4.81. The van der Waals surface area contributed by atoms with Gasteiger partial charge >= 0.3 is 5.69 Å². The molecule has 0 radical (unpaired) electrons. The lowest BCUT2D eigenvalue weighted by Gasteiger charge is -2.15. The van der Waals surface area contributed by atoms with Crippen LogP contribution in [0.5, 0.6) is 5.88 Å². The third-order valence-electron chi connectivity index (χ3n) is 2.31. The zero-order chi connectivity index (χ0) is 13.2. The van der Waals surface area contributed by atoms with Crippen LogP contribution in [-0.2, 0) is 11.3 Å². The summed E-state index contributed by atoms with van der Waals surface area (Å²) in [5.74, 6) is -3.12. The maximum atomic E-state index is 13.0. The van der Waals surface area contributed by atoms with Gasteiger partial charge in [-0.3, -0.25) is 19.1 Å². The Bertz CT molecular complexity index is 548. The minimum atomic E-state index is -1.49. The van der Waals surface area contributed by atoms with Gasteiger partial charge < -0.3 is 10.0 Å². The molecule has 8 heteroatoms. The second-order valence-electron chi connectivity index (χ2n) is 3.39. The van der Waals surface area contributed by atoms with Crippen LogP contribution in [0, 0.1) is 5.82 Å². The van der Waals surface area contributed by atoms with Gasteiger partial charge in [0, 0.05) is 13.6 Å². The number of amides is 1. The number of carbonyl (C=O) groups excluding carboxylic acids is 1. The van der Waals surface area contributed by atoms with Gasteiger partial charge in [-0.1, -0.05) is 0 Å². The van der Waals surface area contributed by atoms with Crippen LogP contribution < -0.4 is 11.2 Å². The molecular formula is C9H12FN3O4. The van der Waals surface area contributed by atoms with Crippen molar-refractivity contribution >= 4 is 5.91 Å². The number of rotatable bonds is 3. The van der Waals surface area contributed by atoms with Crippen LogP contribution in [0.3, 0.4) is 0 Å². The van der Waals surface area contributed by atoms with Gasteiger partial charge in [0.15, 0.2) is 0 Å². The van der Waals surface area contributed by atoms with E-state index in [9.17, 15) is 23.9 Å². The van der Waals surface area contributed by atoms with Gasteiger partial charge in [0.05, 0.1) is 0 Å². The molecule has 0 aliphatic heterocycles. The van der Waals surface area contributed by atoms with Crippen LogP contribution in [-0.4, -0.2) is 39.1 Å². The number of H-pyrrole nitrogens is 1. The van der Waals surface area contributed by atoms with Gasteiger partial charge in [0.25, 0.3) is 5.56 Å². The Morgan fingerprint density at radius 1 is 1.53 bits per heavy atom. The molecule has 1 heterocycles. The molecule has 0 bridgehead atoms. The van der Waals surface area contributed by atoms with Crippen molar-refractivity contribution in [3.8, 4) is 5.88 Å². The summed E-state index contributed by atoms with van der Waals surface area (Å²) in [5.41, 5.74) is -2.35. The van der Waals surface area contributed by atoms with E-state index < -0.39 is 35.4 Å². The molecule has 0 atom stereocenters. The van der Waals surface area contributed by atoms with Gasteiger partial charge in [0.1, 0.15) is 6.54 Å². The lowest BCUT2D eigenvalue weighted by molar-refractivity contribution is -0.130. The highest BCUT2D eigenvalue weighted by Gasteiger charge is 2.17. The van der Waals surface area contributed by atoms with E-state index in [1.54, 1.807) is 11.9 Å². The van der Waals surface area contributed by atoms with E-state index in [1.165, 1.54) is 11.9 Å². The molecule has 0 saturated heterocycles. The van der Waals surface area contributed by atoms with E-state index in [1.807, 2.05) is 0 Å². The van der Waals surface area contributed by atoms with Crippen molar-refractivity contribution in [2.75, 3.05) is 13.6 Å². The number of aromatic hydroxyl groups is 1. The van der Waals surface area contributed by atoms with Crippen molar-refractivity contribution in [3.63, 3.8) is 0 Å². The molecule has 0 saturated carbocycles. The quantitative estimate of drug-likeness (QED) is 0.703. The lowest BCUT2D eigenvalue weighted by atomic mass is 10.4. The molecular weight excluding hydrogens is 233 g/mol. The number of aromatic nitrogens is 2. The topological polar surface area (TPSA) is 95.4 Å². The smallest absolute Gasteiger partial charge is 0.331 e. The molecule has 94 valence electrons. The van der Waals surface area contributed by atoms with Gasteiger partial charge in [-0.25, -0.2) is 4.79 Å². The monoisotopic (exact) mass is 245 g/mol. The van der Waals surface area contributed by atoms with Crippen LogP contribution >= 0.6 is 0 Å². The van der Waals surface area contributed by atoms with Gasteiger partial charge in [-0.15, -0.1) is 0 Å². The molecule has 0 aliphatic carbocycles. The molecule has 2 N–H and O–H groups in total. The molecule has 1 amide bonds. The minimum absolute atomic E-state index is 0.403. The number of hydrogen-bond donors (Lipinski definition) is 2. The third kappa shape index (κ3) is 2.52. The minimum Gasteiger partial charge on any atom is -0.492 e. The Kier molecular flexibility index (Phi) is 3.66. The Morgan fingerprint density at radius 3 is 2.65 bits per heavy atom. The maximum Gasteiger partial charge on any atom is 0.331 e. The summed E-state index contributed by atoms with van der Waals surface area (Å²) in [6.45, 7) is 1.58. The summed E-state index contributed by atoms with van der Waals surface area (Å²) >= 11 is 0. The summed E-state index contributed by atoms with van der Waals surface area (Å²) in [6.07, 6.45) is 0. The number of aromatic amines is 1. The fraction of sp³-hybridized carbons (Fsp3) is 0.444. The fourth-order valence-electron chi connectivity index (χ4n) is 1.11. The summed E-state index contributed by atoms with van der Waals surface area (Å²) in [4.78, 5) is 36.5. The van der Waals surface area contributed by atoms with Crippen LogP contribution in [0.2, 0.25) is 0 Å². The zero-order valence-corrected chi connectivity index (χ0v) is 9.36. The normalized spacial score (nSPS) is 10.3. The molecule has 7 nitrogen and oxygen atoms in total. The predicted octanol–water partition coefficient (Wildman–Crippen LogP) is -1.14. The van der Waals surface area contributed by atoms with Crippen LogP contribution in [0.15, 0.2) is 9.59 Å². The highest BCUT2D eigenvalue weighted by Crippen LogP contribution is 2.07.